The Kier molecular flexibility index (Phi) is 4.93. The van der Waals surface area contributed by atoms with Gasteiger partial charge in [0.1, 0.15) is 0 Å². The predicted octanol–water partition coefficient (Wildman–Crippen LogP) is 1.81. The molecule has 0 radical (unpaired) electrons. The number of carbonyl (C=O) groups excluding carboxylic acids is 1. The first-order chi connectivity index (χ1) is 9.61. The first-order valence-corrected chi connectivity index (χ1v) is 6.52. The Bertz CT molecular complexity index is 707. The number of halogens is 4. The summed E-state index contributed by atoms with van der Waals surface area (Å²) in [6.07, 6.45) is 4.18. The third-order valence-electron chi connectivity index (χ3n) is 2.13. The maximum atomic E-state index is 13.4. The zero-order valence-corrected chi connectivity index (χ0v) is 10.8. The molecule has 0 aliphatic rings. The Balaban J connectivity index is 3.39. The van der Waals surface area contributed by atoms with Crippen LogP contribution in [0.3, 0.4) is 0 Å². The van der Waals surface area contributed by atoms with Crippen LogP contribution in [0.2, 0.25) is 0 Å². The lowest BCUT2D eigenvalue weighted by Crippen LogP contribution is -2.15. The average molecular weight is 326 g/mol. The van der Waals surface area contributed by atoms with Crippen LogP contribution in [0.4, 0.5) is 17.6 Å². The van der Waals surface area contributed by atoms with Gasteiger partial charge in [-0.05, 0) is 0 Å². The maximum Gasteiger partial charge on any atom is 0.312 e. The van der Waals surface area contributed by atoms with E-state index in [2.05, 4.69) is 4.74 Å². The van der Waals surface area contributed by atoms with E-state index < -0.39 is 56.4 Å². The molecule has 21 heavy (non-hydrogen) atoms. The Morgan fingerprint density at radius 3 is 2.00 bits per heavy atom. The molecule has 0 atom stereocenters. The van der Waals surface area contributed by atoms with Gasteiger partial charge in [0, 0.05) is 6.42 Å². The first kappa shape index (κ1) is 16.9. The number of terminal acetylenes is 1. The minimum atomic E-state index is -5.57. The van der Waals surface area contributed by atoms with Crippen LogP contribution in [-0.4, -0.2) is 18.9 Å². The van der Waals surface area contributed by atoms with Crippen LogP contribution in [0.15, 0.2) is 4.90 Å². The molecule has 1 aromatic rings. The van der Waals surface area contributed by atoms with E-state index in [4.69, 9.17) is 11.0 Å². The van der Waals surface area contributed by atoms with E-state index in [0.717, 1.165) is 0 Å². The van der Waals surface area contributed by atoms with Crippen LogP contribution in [-0.2, 0) is 14.9 Å². The number of hydrogen-bond acceptors (Lipinski definition) is 4. The summed E-state index contributed by atoms with van der Waals surface area (Å²) in [5.74, 6) is -10.4. The van der Waals surface area contributed by atoms with Gasteiger partial charge in [-0.1, -0.05) is 0 Å². The van der Waals surface area contributed by atoms with Crippen molar-refractivity contribution in [2.75, 3.05) is 0 Å². The molecule has 0 saturated carbocycles. The van der Waals surface area contributed by atoms with E-state index in [9.17, 15) is 30.8 Å². The summed E-state index contributed by atoms with van der Waals surface area (Å²) in [7, 11) is -5.57. The van der Waals surface area contributed by atoms with Gasteiger partial charge in [-0.2, -0.15) is 17.2 Å². The van der Waals surface area contributed by atoms with Crippen molar-refractivity contribution in [3.8, 4) is 18.1 Å². The van der Waals surface area contributed by atoms with Crippen molar-refractivity contribution in [3.05, 3.63) is 23.3 Å². The molecule has 1 aromatic carbocycles. The molecule has 10 heteroatoms. The fourth-order valence-corrected chi connectivity index (χ4v) is 1.88. The van der Waals surface area contributed by atoms with Crippen LogP contribution in [0, 0.1) is 35.6 Å². The predicted molar refractivity (Wildman–Crippen MR) is 59.8 cm³/mol. The molecule has 0 fully saturated rings. The Labute approximate surface area is 116 Å². The van der Waals surface area contributed by atoms with E-state index in [1.165, 1.54) is 0 Å². The number of carbonyl (C=O) groups is 1. The van der Waals surface area contributed by atoms with Crippen LogP contribution < -0.4 is 4.74 Å². The molecule has 0 saturated heterocycles. The topological polar surface area (TPSA) is 80.7 Å². The van der Waals surface area contributed by atoms with Gasteiger partial charge >= 0.3 is 16.1 Å². The lowest BCUT2D eigenvalue weighted by molar-refractivity contribution is -0.134. The van der Waals surface area contributed by atoms with Crippen LogP contribution in [0.1, 0.15) is 12.8 Å². The molecule has 0 unspecified atom stereocenters. The van der Waals surface area contributed by atoms with Gasteiger partial charge in [-0.15, -0.1) is 12.3 Å². The highest BCUT2D eigenvalue weighted by atomic mass is 32.2. The van der Waals surface area contributed by atoms with Crippen LogP contribution in [0.5, 0.6) is 5.75 Å². The lowest BCUT2D eigenvalue weighted by Gasteiger charge is -2.10. The van der Waals surface area contributed by atoms with Crippen molar-refractivity contribution >= 4 is 16.1 Å². The molecular weight excluding hydrogens is 320 g/mol. The fraction of sp³-hybridized carbons (Fsp3) is 0.182. The summed E-state index contributed by atoms with van der Waals surface area (Å²) in [5, 5.41) is 0. The second-order valence-electron chi connectivity index (χ2n) is 3.57. The number of hydrogen-bond donors (Lipinski definition) is 1. The fourth-order valence-electron chi connectivity index (χ4n) is 1.25. The number of esters is 1. The summed E-state index contributed by atoms with van der Waals surface area (Å²) in [6, 6.07) is 0. The standard InChI is InChI=1S/C11H6F4O5S/c1-2-3-4-5(16)20-10-6(12)8(14)11(21(17,18)19)9(15)7(10)13/h1H,3-4H2,(H,17,18,19). The average Bonchev–Trinajstić information content (AvgIpc) is 2.37. The number of benzene rings is 1. The summed E-state index contributed by atoms with van der Waals surface area (Å²) >= 11 is 0. The van der Waals surface area contributed by atoms with Crippen LogP contribution >= 0.6 is 0 Å². The molecule has 114 valence electrons. The highest BCUT2D eigenvalue weighted by molar-refractivity contribution is 7.85. The highest BCUT2D eigenvalue weighted by Gasteiger charge is 2.33. The summed E-state index contributed by atoms with van der Waals surface area (Å²) < 4.78 is 87.5. The normalized spacial score (nSPS) is 11.0. The van der Waals surface area contributed by atoms with Crippen molar-refractivity contribution in [3.63, 3.8) is 0 Å². The minimum Gasteiger partial charge on any atom is -0.420 e. The summed E-state index contributed by atoms with van der Waals surface area (Å²) in [6.45, 7) is 0. The molecule has 0 heterocycles. The second kappa shape index (κ2) is 6.11. The van der Waals surface area contributed by atoms with Crippen molar-refractivity contribution in [1.29, 1.82) is 0 Å². The Morgan fingerprint density at radius 2 is 1.62 bits per heavy atom. The van der Waals surface area contributed by atoms with Gasteiger partial charge in [0.05, 0.1) is 6.42 Å². The van der Waals surface area contributed by atoms with Crippen molar-refractivity contribution < 1.29 is 40.1 Å². The molecule has 0 spiro atoms. The van der Waals surface area contributed by atoms with Gasteiger partial charge in [0.25, 0.3) is 0 Å². The lowest BCUT2D eigenvalue weighted by atomic mass is 10.2. The molecule has 0 aromatic heterocycles. The van der Waals surface area contributed by atoms with Gasteiger partial charge in [0.15, 0.2) is 16.5 Å². The zero-order chi connectivity index (χ0) is 16.4. The quantitative estimate of drug-likeness (QED) is 0.228. The van der Waals surface area contributed by atoms with Crippen molar-refractivity contribution in [2.24, 2.45) is 0 Å². The SMILES string of the molecule is C#CCCC(=O)Oc1c(F)c(F)c(S(=O)(=O)O)c(F)c1F. The summed E-state index contributed by atoms with van der Waals surface area (Å²) in [5.41, 5.74) is 0. The van der Waals surface area contributed by atoms with E-state index in [1.54, 1.807) is 0 Å². The number of ether oxygens (including phenoxy) is 1. The largest absolute Gasteiger partial charge is 0.420 e. The molecule has 1 N–H and O–H groups in total. The van der Waals surface area contributed by atoms with Gasteiger partial charge in [-0.25, -0.2) is 8.78 Å². The van der Waals surface area contributed by atoms with Crippen LogP contribution in [0.25, 0.3) is 0 Å². The molecule has 0 bridgehead atoms. The number of rotatable bonds is 4. The van der Waals surface area contributed by atoms with Crippen molar-refractivity contribution in [1.82, 2.24) is 0 Å². The molecular formula is C11H6F4O5S. The molecule has 0 aliphatic heterocycles. The summed E-state index contributed by atoms with van der Waals surface area (Å²) in [4.78, 5) is 8.90. The van der Waals surface area contributed by atoms with Gasteiger partial charge < -0.3 is 4.74 Å². The first-order valence-electron chi connectivity index (χ1n) is 5.08. The highest BCUT2D eigenvalue weighted by Crippen LogP contribution is 2.32. The van der Waals surface area contributed by atoms with Gasteiger partial charge in [0.2, 0.25) is 17.4 Å². The zero-order valence-electron chi connectivity index (χ0n) is 9.99. The second-order valence-corrected chi connectivity index (χ2v) is 4.93. The molecule has 1 rings (SSSR count). The maximum absolute atomic E-state index is 13.4. The van der Waals surface area contributed by atoms with Gasteiger partial charge in [-0.3, -0.25) is 9.35 Å². The minimum absolute atomic E-state index is 0.157. The van der Waals surface area contributed by atoms with E-state index in [-0.39, 0.29) is 6.42 Å². The Morgan fingerprint density at radius 1 is 1.14 bits per heavy atom. The van der Waals surface area contributed by atoms with E-state index >= 15 is 0 Å². The molecule has 5 nitrogen and oxygen atoms in total. The Hall–Kier alpha value is -2.12. The third kappa shape index (κ3) is 3.50. The third-order valence-corrected chi connectivity index (χ3v) is 3.00. The van der Waals surface area contributed by atoms with E-state index in [0.29, 0.717) is 0 Å². The van der Waals surface area contributed by atoms with E-state index in [1.807, 2.05) is 5.92 Å². The molecule has 0 aliphatic carbocycles. The van der Waals surface area contributed by atoms with Crippen molar-refractivity contribution in [2.45, 2.75) is 17.7 Å². The monoisotopic (exact) mass is 326 g/mol. The molecule has 0 amide bonds. The smallest absolute Gasteiger partial charge is 0.312 e.